The largest absolute Gasteiger partial charge is 0.303 e. The van der Waals surface area contributed by atoms with Crippen LogP contribution in [0.3, 0.4) is 0 Å². The van der Waals surface area contributed by atoms with Gasteiger partial charge in [0.15, 0.2) is 0 Å². The molecule has 0 aliphatic rings. The zero-order valence-corrected chi connectivity index (χ0v) is 24.8. The Hall–Kier alpha value is -1.83. The number of fused-ring (bicyclic) bond motifs is 1. The monoisotopic (exact) mass is 533 g/mol. The third-order valence-corrected chi connectivity index (χ3v) is 8.35. The Morgan fingerprint density at radius 3 is 2.25 bits per heavy atom. The summed E-state index contributed by atoms with van der Waals surface area (Å²) in [5, 5.41) is 2.55. The van der Waals surface area contributed by atoms with Crippen molar-refractivity contribution in [2.24, 2.45) is 10.8 Å². The maximum Gasteiger partial charge on any atom is 0.286 e. The van der Waals surface area contributed by atoms with E-state index < -0.39 is 11.3 Å². The number of unbranched alkanes of at least 4 members (excludes halogenated alkanes) is 1. The van der Waals surface area contributed by atoms with E-state index in [0.717, 1.165) is 63.2 Å². The molecular formula is C29H43NO4S2. The fourth-order valence-electron chi connectivity index (χ4n) is 3.74. The summed E-state index contributed by atoms with van der Waals surface area (Å²) in [7, 11) is 0. The Labute approximate surface area is 226 Å². The van der Waals surface area contributed by atoms with Crippen LogP contribution in [-0.4, -0.2) is 35.2 Å². The van der Waals surface area contributed by atoms with E-state index in [2.05, 4.69) is 20.8 Å². The van der Waals surface area contributed by atoms with E-state index >= 15 is 0 Å². The Morgan fingerprint density at radius 1 is 1.06 bits per heavy atom. The summed E-state index contributed by atoms with van der Waals surface area (Å²) in [6.45, 7) is 16.3. The number of hydrogen-bond donors (Lipinski definition) is 0. The van der Waals surface area contributed by atoms with Gasteiger partial charge in [0.25, 0.3) is 5.91 Å². The number of rotatable bonds is 12. The number of benzene rings is 2. The van der Waals surface area contributed by atoms with E-state index in [0.29, 0.717) is 24.1 Å². The van der Waals surface area contributed by atoms with E-state index in [-0.39, 0.29) is 5.41 Å². The molecule has 0 saturated carbocycles. The Morgan fingerprint density at radius 2 is 1.72 bits per heavy atom. The minimum absolute atomic E-state index is 0.283. The van der Waals surface area contributed by atoms with E-state index in [9.17, 15) is 14.4 Å². The predicted molar refractivity (Wildman–Crippen MR) is 154 cm³/mol. The number of aryl methyl sites for hydroxylation is 1. The van der Waals surface area contributed by atoms with Crippen molar-refractivity contribution in [1.29, 1.82) is 0 Å². The highest BCUT2D eigenvalue weighted by Gasteiger charge is 2.41. The molecule has 0 spiro atoms. The Balaban J connectivity index is 0.00000205. The van der Waals surface area contributed by atoms with Crippen LogP contribution in [-0.2, 0) is 13.9 Å². The second-order valence-electron chi connectivity index (χ2n) is 9.97. The van der Waals surface area contributed by atoms with Gasteiger partial charge in [-0.3, -0.25) is 9.59 Å². The number of carbonyl (C=O) groups is 3. The van der Waals surface area contributed by atoms with Gasteiger partial charge >= 0.3 is 0 Å². The summed E-state index contributed by atoms with van der Waals surface area (Å²) >= 11 is 2.74. The van der Waals surface area contributed by atoms with Gasteiger partial charge in [0.2, 0.25) is 6.41 Å². The van der Waals surface area contributed by atoms with Crippen molar-refractivity contribution in [2.75, 3.05) is 11.5 Å². The molecular weight excluding hydrogens is 490 g/mol. The lowest BCUT2D eigenvalue weighted by Gasteiger charge is -2.39. The van der Waals surface area contributed by atoms with Crippen LogP contribution in [0, 0.1) is 17.8 Å². The molecule has 2 aromatic carbocycles. The number of hydroxylamine groups is 2. The van der Waals surface area contributed by atoms with Gasteiger partial charge in [-0.1, -0.05) is 79.5 Å². The number of amides is 2. The molecule has 0 N–H and O–H groups in total. The fraction of sp³-hybridized carbons (Fsp3) is 0.552. The standard InChI is InChI=1S/C26H35NO4S2.C3H8/c1-7-9-15-32-22-14-13-21(23-19(3)11-10-12-20(22)23)24(30)27(18-29)31-33-17-26(8-2,16-28)25(4,5)6;1-3-2/h10-14,16,18H,7-9,15,17H2,1-6H3;3H2,1-2H3. The minimum Gasteiger partial charge on any atom is -0.303 e. The van der Waals surface area contributed by atoms with Crippen molar-refractivity contribution >= 4 is 53.2 Å². The zero-order valence-electron chi connectivity index (χ0n) is 23.2. The van der Waals surface area contributed by atoms with Gasteiger partial charge in [0.1, 0.15) is 6.29 Å². The molecule has 7 heteroatoms. The summed E-state index contributed by atoms with van der Waals surface area (Å²) in [5.41, 5.74) is 0.472. The highest BCUT2D eigenvalue weighted by molar-refractivity contribution is 7.99. The fourth-order valence-corrected chi connectivity index (χ4v) is 6.07. The van der Waals surface area contributed by atoms with E-state index in [4.69, 9.17) is 4.28 Å². The van der Waals surface area contributed by atoms with Crippen LogP contribution in [0.4, 0.5) is 0 Å². The van der Waals surface area contributed by atoms with Crippen LogP contribution in [0.2, 0.25) is 0 Å². The first-order valence-electron chi connectivity index (χ1n) is 12.8. The van der Waals surface area contributed by atoms with E-state index in [1.54, 1.807) is 17.8 Å². The first kappa shape index (κ1) is 32.2. The number of hydrogen-bond acceptors (Lipinski definition) is 6. The highest BCUT2D eigenvalue weighted by Crippen LogP contribution is 2.42. The van der Waals surface area contributed by atoms with Crippen LogP contribution < -0.4 is 0 Å². The van der Waals surface area contributed by atoms with Gasteiger partial charge in [-0.25, -0.2) is 0 Å². The van der Waals surface area contributed by atoms with Crippen molar-refractivity contribution in [2.45, 2.75) is 86.0 Å². The van der Waals surface area contributed by atoms with Gasteiger partial charge in [0.05, 0.1) is 5.56 Å². The third kappa shape index (κ3) is 8.09. The summed E-state index contributed by atoms with van der Waals surface area (Å²) in [6, 6.07) is 9.67. The van der Waals surface area contributed by atoms with Crippen molar-refractivity contribution in [3.63, 3.8) is 0 Å². The summed E-state index contributed by atoms with van der Waals surface area (Å²) in [4.78, 5) is 38.1. The SMILES string of the molecule is CCC.CCCCSc1ccc(C(=O)N(C=O)OSCC(C=O)(CC)C(C)(C)C)c2c(C)cccc12. The Bertz CT molecular complexity index is 1000. The van der Waals surface area contributed by atoms with Crippen molar-refractivity contribution < 1.29 is 18.7 Å². The van der Waals surface area contributed by atoms with Crippen molar-refractivity contribution in [1.82, 2.24) is 5.06 Å². The lowest BCUT2D eigenvalue weighted by atomic mass is 9.67. The average molecular weight is 534 g/mol. The predicted octanol–water partition coefficient (Wildman–Crippen LogP) is 8.28. The molecule has 36 heavy (non-hydrogen) atoms. The molecule has 0 heterocycles. The number of nitrogens with zero attached hydrogens (tertiary/aromatic N) is 1. The van der Waals surface area contributed by atoms with Gasteiger partial charge in [-0.05, 0) is 59.4 Å². The Kier molecular flexibility index (Phi) is 13.8. The molecule has 1 atom stereocenters. The second kappa shape index (κ2) is 15.4. The summed E-state index contributed by atoms with van der Waals surface area (Å²) < 4.78 is 5.53. The van der Waals surface area contributed by atoms with Gasteiger partial charge in [-0.2, -0.15) is 4.28 Å². The number of carbonyl (C=O) groups excluding carboxylic acids is 3. The smallest absolute Gasteiger partial charge is 0.286 e. The first-order valence-corrected chi connectivity index (χ1v) is 14.7. The molecule has 0 bridgehead atoms. The molecule has 2 aromatic rings. The number of aldehydes is 1. The molecule has 2 amide bonds. The minimum atomic E-state index is -0.629. The van der Waals surface area contributed by atoms with Crippen LogP contribution in [0.1, 0.15) is 90.1 Å². The molecule has 0 aliphatic carbocycles. The maximum absolute atomic E-state index is 13.3. The van der Waals surface area contributed by atoms with Crippen LogP contribution in [0.25, 0.3) is 10.8 Å². The van der Waals surface area contributed by atoms with Gasteiger partial charge in [0, 0.05) is 28.1 Å². The topological polar surface area (TPSA) is 63.7 Å². The van der Waals surface area contributed by atoms with E-state index in [1.165, 1.54) is 6.42 Å². The van der Waals surface area contributed by atoms with Crippen LogP contribution >= 0.6 is 23.8 Å². The van der Waals surface area contributed by atoms with Crippen molar-refractivity contribution in [3.05, 3.63) is 41.5 Å². The van der Waals surface area contributed by atoms with Crippen molar-refractivity contribution in [3.8, 4) is 0 Å². The molecule has 5 nitrogen and oxygen atoms in total. The lowest BCUT2D eigenvalue weighted by molar-refractivity contribution is -0.131. The molecule has 0 fully saturated rings. The molecule has 0 aliphatic heterocycles. The molecule has 1 unspecified atom stereocenters. The zero-order chi connectivity index (χ0) is 27.4. The van der Waals surface area contributed by atoms with Crippen LogP contribution in [0.5, 0.6) is 0 Å². The van der Waals surface area contributed by atoms with Crippen LogP contribution in [0.15, 0.2) is 35.2 Å². The quantitative estimate of drug-likeness (QED) is 0.0899. The third-order valence-electron chi connectivity index (χ3n) is 6.29. The van der Waals surface area contributed by atoms with Gasteiger partial charge in [-0.15, -0.1) is 16.8 Å². The highest BCUT2D eigenvalue weighted by atomic mass is 32.2. The van der Waals surface area contributed by atoms with Gasteiger partial charge < -0.3 is 4.79 Å². The first-order chi connectivity index (χ1) is 17.1. The molecule has 0 radical (unpaired) electrons. The summed E-state index contributed by atoms with van der Waals surface area (Å²) in [5.74, 6) is 0.823. The summed E-state index contributed by atoms with van der Waals surface area (Å²) in [6.07, 6.45) is 5.48. The molecule has 200 valence electrons. The molecule has 2 rings (SSSR count). The second-order valence-corrected chi connectivity index (χ2v) is 11.8. The normalized spacial score (nSPS) is 12.9. The van der Waals surface area contributed by atoms with E-state index in [1.807, 2.05) is 58.9 Å². The average Bonchev–Trinajstić information content (AvgIpc) is 2.84. The lowest BCUT2D eigenvalue weighted by Crippen LogP contribution is -2.39. The number of imide groups is 1. The number of thioether (sulfide) groups is 1. The molecule has 0 saturated heterocycles. The maximum atomic E-state index is 13.3. The molecule has 0 aromatic heterocycles.